The number of aromatic nitrogens is 2. The van der Waals surface area contributed by atoms with Crippen LogP contribution in [0.5, 0.6) is 17.2 Å². The summed E-state index contributed by atoms with van der Waals surface area (Å²) in [6, 6.07) is 20.7. The number of hydrogen-bond donors (Lipinski definition) is 1. The van der Waals surface area contributed by atoms with Gasteiger partial charge < -0.3 is 14.8 Å². The Morgan fingerprint density at radius 1 is 0.952 bits per heavy atom. The second-order valence-corrected chi connectivity index (χ2v) is 12.6. The smallest absolute Gasteiger partial charge is 0.247 e. The van der Waals surface area contributed by atoms with E-state index in [2.05, 4.69) is 10.4 Å². The number of carbonyl (C=O) groups excluding carboxylic acids is 1. The number of rotatable bonds is 2. The summed E-state index contributed by atoms with van der Waals surface area (Å²) >= 11 is 0. The molecule has 0 radical (unpaired) electrons. The van der Waals surface area contributed by atoms with Crippen molar-refractivity contribution in [3.05, 3.63) is 101 Å². The number of aryl methyl sites for hydroxylation is 3. The molecule has 5 aliphatic rings. The molecule has 0 spiro atoms. The van der Waals surface area contributed by atoms with E-state index in [1.165, 1.54) is 4.68 Å². The van der Waals surface area contributed by atoms with Crippen molar-refractivity contribution in [3.63, 3.8) is 0 Å². The molecule has 0 fully saturated rings. The van der Waals surface area contributed by atoms with Crippen LogP contribution in [0.4, 0.5) is 0 Å². The molecule has 0 aliphatic carbocycles. The van der Waals surface area contributed by atoms with Crippen LogP contribution in [0.15, 0.2) is 77.8 Å². The summed E-state index contributed by atoms with van der Waals surface area (Å²) in [6.07, 6.45) is 3.81. The van der Waals surface area contributed by atoms with Gasteiger partial charge in [-0.3, -0.25) is 9.48 Å². The molecule has 6 heterocycles. The fourth-order valence-electron chi connectivity index (χ4n) is 5.68. The van der Waals surface area contributed by atoms with Crippen LogP contribution in [0.25, 0.3) is 0 Å². The molecule has 10 heteroatoms. The Bertz CT molecular complexity index is 1720. The zero-order valence-corrected chi connectivity index (χ0v) is 24.6. The van der Waals surface area contributed by atoms with Crippen molar-refractivity contribution in [2.75, 3.05) is 19.7 Å². The highest BCUT2D eigenvalue weighted by Crippen LogP contribution is 2.41. The van der Waals surface area contributed by atoms with E-state index in [1.807, 2.05) is 66.7 Å². The molecule has 9 rings (SSSR count). The first kappa shape index (κ1) is 28.0. The number of amides is 1. The first-order chi connectivity index (χ1) is 20.3. The van der Waals surface area contributed by atoms with Gasteiger partial charge in [0.15, 0.2) is 0 Å². The molecule has 1 atom stereocenters. The van der Waals surface area contributed by atoms with Gasteiger partial charge in [-0.25, -0.2) is 8.42 Å². The van der Waals surface area contributed by atoms with Crippen LogP contribution in [-0.4, -0.2) is 48.1 Å². The molecule has 1 unspecified atom stereocenters. The van der Waals surface area contributed by atoms with E-state index in [-0.39, 0.29) is 10.8 Å². The molecule has 9 nitrogen and oxygen atoms in total. The Morgan fingerprint density at radius 2 is 1.76 bits per heavy atom. The van der Waals surface area contributed by atoms with Crippen LogP contribution in [-0.2, 0) is 34.7 Å². The van der Waals surface area contributed by atoms with Gasteiger partial charge in [-0.15, -0.1) is 0 Å². The summed E-state index contributed by atoms with van der Waals surface area (Å²) in [4.78, 5) is 12.5. The maximum atomic E-state index is 14.1. The topological polar surface area (TPSA) is 103 Å². The lowest BCUT2D eigenvalue weighted by Crippen LogP contribution is -2.40. The predicted molar refractivity (Wildman–Crippen MR) is 158 cm³/mol. The van der Waals surface area contributed by atoms with Gasteiger partial charge in [-0.2, -0.15) is 9.40 Å². The average Bonchev–Trinajstić information content (AvgIpc) is 3.34. The number of nitrogens with zero attached hydrogens (tertiary/aromatic N) is 3. The minimum atomic E-state index is -3.88. The van der Waals surface area contributed by atoms with E-state index in [0.29, 0.717) is 68.3 Å². The van der Waals surface area contributed by atoms with Crippen molar-refractivity contribution in [1.29, 1.82) is 0 Å². The summed E-state index contributed by atoms with van der Waals surface area (Å²) in [5.74, 6) is 2.03. The van der Waals surface area contributed by atoms with Gasteiger partial charge in [0, 0.05) is 32.8 Å². The zero-order valence-electron chi connectivity index (χ0n) is 23.7. The molecule has 1 N–H and O–H groups in total. The van der Waals surface area contributed by atoms with Gasteiger partial charge >= 0.3 is 0 Å². The van der Waals surface area contributed by atoms with E-state index in [9.17, 15) is 13.2 Å². The quantitative estimate of drug-likeness (QED) is 0.366. The third kappa shape index (κ3) is 5.77. The number of benzene rings is 3. The molecule has 1 aromatic heterocycles. The van der Waals surface area contributed by atoms with Crippen LogP contribution in [0.2, 0.25) is 0 Å². The Hall–Kier alpha value is -4.15. The average molecular weight is 587 g/mol. The fourth-order valence-corrected chi connectivity index (χ4v) is 7.47. The van der Waals surface area contributed by atoms with Crippen LogP contribution in [0.3, 0.4) is 0 Å². The highest BCUT2D eigenvalue weighted by molar-refractivity contribution is 7.89. The van der Waals surface area contributed by atoms with Gasteiger partial charge in [0.2, 0.25) is 15.9 Å². The minimum Gasteiger partial charge on any atom is -0.494 e. The molecule has 3 aromatic carbocycles. The SMILES string of the molecule is Cc1nn(C)cc1S(=O)(=O)N1CCc2cc3ccc2C1c1cccc(c1)OCCCNC(=O)CCc1ccc(cc1)O3. The Balaban J connectivity index is 1.41. The predicted octanol–water partition coefficient (Wildman–Crippen LogP) is 4.69. The van der Waals surface area contributed by atoms with Gasteiger partial charge in [-0.05, 0) is 84.8 Å². The van der Waals surface area contributed by atoms with Crippen molar-refractivity contribution in [1.82, 2.24) is 19.4 Å². The van der Waals surface area contributed by atoms with Gasteiger partial charge in [0.25, 0.3) is 0 Å². The molecule has 218 valence electrons. The summed E-state index contributed by atoms with van der Waals surface area (Å²) in [6.45, 7) is 2.95. The Labute approximate surface area is 246 Å². The lowest BCUT2D eigenvalue weighted by Gasteiger charge is -2.37. The first-order valence-electron chi connectivity index (χ1n) is 14.2. The molecule has 0 saturated carbocycles. The van der Waals surface area contributed by atoms with Gasteiger partial charge in [0.1, 0.15) is 22.1 Å². The standard InChI is InChI=1S/C32H34N4O5S/c1-22-30(21-35(2)34-22)42(38,39)36-17-15-24-19-28-12-13-29(24)32(36)25-5-3-6-27(20-25)40-18-4-16-33-31(37)14-9-23-7-10-26(41-28)11-8-23/h3,5-8,10-13,19-21,32H,4,9,14-18H2,1-2H3,(H,33,37). The number of nitrogens with one attached hydrogen (secondary N) is 1. The van der Waals surface area contributed by atoms with Crippen LogP contribution in [0, 0.1) is 6.92 Å². The normalized spacial score (nSPS) is 18.0. The van der Waals surface area contributed by atoms with E-state index in [1.54, 1.807) is 24.5 Å². The van der Waals surface area contributed by atoms with Gasteiger partial charge in [0.05, 0.1) is 18.3 Å². The summed E-state index contributed by atoms with van der Waals surface area (Å²) in [7, 11) is -2.15. The highest BCUT2D eigenvalue weighted by Gasteiger charge is 2.39. The van der Waals surface area contributed by atoms with E-state index >= 15 is 0 Å². The largest absolute Gasteiger partial charge is 0.494 e. The fraction of sp³-hybridized carbons (Fsp3) is 0.312. The number of hydrogen-bond acceptors (Lipinski definition) is 6. The third-order valence-electron chi connectivity index (χ3n) is 7.74. The molecule has 0 saturated heterocycles. The second kappa shape index (κ2) is 11.6. The van der Waals surface area contributed by atoms with Crippen molar-refractivity contribution in [3.8, 4) is 17.2 Å². The van der Waals surface area contributed by atoms with E-state index in [4.69, 9.17) is 9.47 Å². The summed E-state index contributed by atoms with van der Waals surface area (Å²) < 4.78 is 43.6. The van der Waals surface area contributed by atoms with Crippen molar-refractivity contribution in [2.45, 2.75) is 43.5 Å². The molecule has 1 amide bonds. The molecular weight excluding hydrogens is 552 g/mol. The lowest BCUT2D eigenvalue weighted by molar-refractivity contribution is -0.121. The molecule has 4 aromatic rings. The van der Waals surface area contributed by atoms with Crippen LogP contribution in [0.1, 0.15) is 46.8 Å². The third-order valence-corrected chi connectivity index (χ3v) is 9.71. The van der Waals surface area contributed by atoms with E-state index < -0.39 is 16.1 Å². The van der Waals surface area contributed by atoms with E-state index in [0.717, 1.165) is 22.3 Å². The molecular formula is C32H34N4O5S. The minimum absolute atomic E-state index is 0.00184. The molecule has 5 aliphatic heterocycles. The number of sulfonamides is 1. The second-order valence-electron chi connectivity index (χ2n) is 10.8. The monoisotopic (exact) mass is 586 g/mol. The maximum Gasteiger partial charge on any atom is 0.247 e. The van der Waals surface area contributed by atoms with Crippen molar-refractivity contribution < 1.29 is 22.7 Å². The number of ether oxygens (including phenoxy) is 2. The summed E-state index contributed by atoms with van der Waals surface area (Å²) in [5, 5.41) is 7.25. The van der Waals surface area contributed by atoms with Crippen molar-refractivity contribution in [2.24, 2.45) is 7.05 Å². The highest BCUT2D eigenvalue weighted by atomic mass is 32.2. The Morgan fingerprint density at radius 3 is 2.55 bits per heavy atom. The summed E-state index contributed by atoms with van der Waals surface area (Å²) in [5.41, 5.74) is 4.27. The lowest BCUT2D eigenvalue weighted by atomic mass is 9.89. The Kier molecular flexibility index (Phi) is 7.74. The van der Waals surface area contributed by atoms with Crippen molar-refractivity contribution >= 4 is 15.9 Å². The zero-order chi connectivity index (χ0) is 29.3. The maximum absolute atomic E-state index is 14.1. The number of carbonyl (C=O) groups is 1. The van der Waals surface area contributed by atoms with Gasteiger partial charge in [-0.1, -0.05) is 30.3 Å². The van der Waals surface area contributed by atoms with Crippen LogP contribution >= 0.6 is 0 Å². The first-order valence-corrected chi connectivity index (χ1v) is 15.6. The molecule has 8 bridgehead atoms. The molecule has 42 heavy (non-hydrogen) atoms. The van der Waals surface area contributed by atoms with Crippen LogP contribution < -0.4 is 14.8 Å².